The van der Waals surface area contributed by atoms with Crippen LogP contribution in [0.15, 0.2) is 18.3 Å². The minimum Gasteiger partial charge on any atom is -0.381 e. The molecule has 1 heterocycles. The first-order chi connectivity index (χ1) is 8.75. The van der Waals surface area contributed by atoms with Gasteiger partial charge in [-0.15, -0.1) is 0 Å². The number of ether oxygens (including phenoxy) is 1. The maximum atomic E-state index is 5.47. The number of nitrogens with zero attached hydrogens (tertiary/aromatic N) is 1. The highest BCUT2D eigenvalue weighted by atomic mass is 16.5. The molecule has 2 unspecified atom stereocenters. The van der Waals surface area contributed by atoms with Gasteiger partial charge in [0, 0.05) is 24.8 Å². The molecule has 1 aliphatic carbocycles. The Balaban J connectivity index is 2.02. The van der Waals surface area contributed by atoms with Crippen LogP contribution in [0.25, 0.3) is 0 Å². The monoisotopic (exact) mass is 262 g/mol. The van der Waals surface area contributed by atoms with E-state index in [2.05, 4.69) is 57.1 Å². The second-order valence-electron chi connectivity index (χ2n) is 7.16. The SMILES string of the molecule is COC1CC(Nc2ccc(C(C)(C)C)cn2)C1(C)C. The minimum absolute atomic E-state index is 0.155. The number of methoxy groups -OCH3 is 1. The van der Waals surface area contributed by atoms with E-state index in [1.165, 1.54) is 5.56 Å². The van der Waals surface area contributed by atoms with Gasteiger partial charge in [0.05, 0.1) is 6.10 Å². The minimum atomic E-state index is 0.155. The summed E-state index contributed by atoms with van der Waals surface area (Å²) in [6, 6.07) is 4.68. The number of nitrogens with one attached hydrogen (secondary N) is 1. The van der Waals surface area contributed by atoms with Gasteiger partial charge < -0.3 is 10.1 Å². The van der Waals surface area contributed by atoms with Crippen molar-refractivity contribution in [1.29, 1.82) is 0 Å². The summed E-state index contributed by atoms with van der Waals surface area (Å²) >= 11 is 0. The van der Waals surface area contributed by atoms with Gasteiger partial charge in [0.15, 0.2) is 0 Å². The fourth-order valence-electron chi connectivity index (χ4n) is 2.63. The van der Waals surface area contributed by atoms with Crippen molar-refractivity contribution in [3.8, 4) is 0 Å². The van der Waals surface area contributed by atoms with Crippen LogP contribution in [-0.2, 0) is 10.2 Å². The van der Waals surface area contributed by atoms with Gasteiger partial charge in [0.25, 0.3) is 0 Å². The zero-order valence-electron chi connectivity index (χ0n) is 12.9. The van der Waals surface area contributed by atoms with Gasteiger partial charge in [-0.05, 0) is 23.5 Å². The molecule has 0 aromatic carbocycles. The fraction of sp³-hybridized carbons (Fsp3) is 0.688. The molecule has 1 N–H and O–H groups in total. The van der Waals surface area contributed by atoms with Crippen molar-refractivity contribution < 1.29 is 4.74 Å². The number of hydrogen-bond acceptors (Lipinski definition) is 3. The maximum absolute atomic E-state index is 5.47. The Morgan fingerprint density at radius 1 is 1.32 bits per heavy atom. The van der Waals surface area contributed by atoms with Gasteiger partial charge in [0.1, 0.15) is 5.82 Å². The Hall–Kier alpha value is -1.09. The Bertz CT molecular complexity index is 431. The maximum Gasteiger partial charge on any atom is 0.126 e. The molecule has 0 radical (unpaired) electrons. The first kappa shape index (κ1) is 14.3. The molecule has 106 valence electrons. The third-order valence-electron chi connectivity index (χ3n) is 4.41. The molecule has 19 heavy (non-hydrogen) atoms. The predicted octanol–water partition coefficient (Wildman–Crippen LogP) is 3.60. The smallest absolute Gasteiger partial charge is 0.126 e. The summed E-state index contributed by atoms with van der Waals surface area (Å²) in [6.07, 6.45) is 3.37. The van der Waals surface area contributed by atoms with Crippen molar-refractivity contribution in [2.24, 2.45) is 5.41 Å². The number of anilines is 1. The van der Waals surface area contributed by atoms with Crippen molar-refractivity contribution in [3.63, 3.8) is 0 Å². The molecular weight excluding hydrogens is 236 g/mol. The van der Waals surface area contributed by atoms with Crippen LogP contribution in [0.5, 0.6) is 0 Å². The van der Waals surface area contributed by atoms with Crippen LogP contribution in [0.3, 0.4) is 0 Å². The summed E-state index contributed by atoms with van der Waals surface area (Å²) in [6.45, 7) is 11.1. The normalized spacial score (nSPS) is 25.8. The molecule has 0 bridgehead atoms. The van der Waals surface area contributed by atoms with Crippen molar-refractivity contribution in [2.45, 2.75) is 58.6 Å². The molecule has 1 aliphatic rings. The van der Waals surface area contributed by atoms with Crippen LogP contribution in [-0.4, -0.2) is 24.2 Å². The average Bonchev–Trinajstić information content (AvgIpc) is 2.33. The Morgan fingerprint density at radius 2 is 2.00 bits per heavy atom. The lowest BCUT2D eigenvalue weighted by Crippen LogP contribution is -2.57. The lowest BCUT2D eigenvalue weighted by Gasteiger charge is -2.51. The molecule has 0 amide bonds. The lowest BCUT2D eigenvalue weighted by molar-refractivity contribution is -0.0795. The summed E-state index contributed by atoms with van der Waals surface area (Å²) in [4.78, 5) is 4.53. The Morgan fingerprint density at radius 3 is 2.42 bits per heavy atom. The van der Waals surface area contributed by atoms with E-state index < -0.39 is 0 Å². The molecule has 0 spiro atoms. The summed E-state index contributed by atoms with van der Waals surface area (Å²) in [5, 5.41) is 3.52. The van der Waals surface area contributed by atoms with Crippen molar-refractivity contribution in [1.82, 2.24) is 4.98 Å². The number of aromatic nitrogens is 1. The third kappa shape index (κ3) is 2.76. The average molecular weight is 262 g/mol. The highest BCUT2D eigenvalue weighted by Crippen LogP contribution is 2.43. The first-order valence-electron chi connectivity index (χ1n) is 7.01. The zero-order valence-corrected chi connectivity index (χ0v) is 12.9. The number of rotatable bonds is 3. The quantitative estimate of drug-likeness (QED) is 0.903. The highest BCUT2D eigenvalue weighted by molar-refractivity contribution is 5.39. The largest absolute Gasteiger partial charge is 0.381 e. The van der Waals surface area contributed by atoms with Gasteiger partial charge in [-0.1, -0.05) is 40.7 Å². The standard InChI is InChI=1S/C16H26N2O/c1-15(2,3)11-7-8-14(17-10-11)18-12-9-13(19-6)16(12,4)5/h7-8,10,12-13H,9H2,1-6H3,(H,17,18). The molecule has 0 aliphatic heterocycles. The molecule has 1 aromatic heterocycles. The van der Waals surface area contributed by atoms with Crippen molar-refractivity contribution in [3.05, 3.63) is 23.9 Å². The van der Waals surface area contributed by atoms with Crippen LogP contribution in [0, 0.1) is 5.41 Å². The molecule has 1 fully saturated rings. The number of hydrogen-bond donors (Lipinski definition) is 1. The molecule has 1 saturated carbocycles. The predicted molar refractivity (Wildman–Crippen MR) is 79.5 cm³/mol. The van der Waals surface area contributed by atoms with Gasteiger partial charge in [-0.3, -0.25) is 0 Å². The second kappa shape index (κ2) is 4.78. The summed E-state index contributed by atoms with van der Waals surface area (Å²) in [7, 11) is 1.79. The van der Waals surface area contributed by atoms with E-state index in [4.69, 9.17) is 4.74 Å². The topological polar surface area (TPSA) is 34.1 Å². The molecule has 2 atom stereocenters. The molecule has 0 saturated heterocycles. The van der Waals surface area contributed by atoms with E-state index in [-0.39, 0.29) is 10.8 Å². The van der Waals surface area contributed by atoms with Gasteiger partial charge in [-0.25, -0.2) is 4.98 Å². The van der Waals surface area contributed by atoms with Gasteiger partial charge in [-0.2, -0.15) is 0 Å². The van der Waals surface area contributed by atoms with Crippen LogP contribution in [0.1, 0.15) is 46.6 Å². The molecule has 1 aromatic rings. The molecular formula is C16H26N2O. The summed E-state index contributed by atoms with van der Waals surface area (Å²) in [5.41, 5.74) is 1.59. The van der Waals surface area contributed by atoms with Crippen LogP contribution < -0.4 is 5.32 Å². The summed E-state index contributed by atoms with van der Waals surface area (Å²) < 4.78 is 5.47. The van der Waals surface area contributed by atoms with Gasteiger partial charge in [0.2, 0.25) is 0 Å². The van der Waals surface area contributed by atoms with Crippen LogP contribution in [0.2, 0.25) is 0 Å². The molecule has 3 heteroatoms. The van der Waals surface area contributed by atoms with Crippen LogP contribution >= 0.6 is 0 Å². The number of pyridine rings is 1. The van der Waals surface area contributed by atoms with Gasteiger partial charge >= 0.3 is 0 Å². The van der Waals surface area contributed by atoms with E-state index >= 15 is 0 Å². The lowest BCUT2D eigenvalue weighted by atomic mass is 9.64. The van der Waals surface area contributed by atoms with E-state index in [1.54, 1.807) is 7.11 Å². The first-order valence-corrected chi connectivity index (χ1v) is 7.01. The van der Waals surface area contributed by atoms with E-state index in [0.717, 1.165) is 12.2 Å². The van der Waals surface area contributed by atoms with E-state index in [9.17, 15) is 0 Å². The highest BCUT2D eigenvalue weighted by Gasteiger charge is 2.48. The van der Waals surface area contributed by atoms with Crippen molar-refractivity contribution >= 4 is 5.82 Å². The molecule has 3 nitrogen and oxygen atoms in total. The second-order valence-corrected chi connectivity index (χ2v) is 7.16. The van der Waals surface area contributed by atoms with E-state index in [0.29, 0.717) is 12.1 Å². The van der Waals surface area contributed by atoms with Crippen molar-refractivity contribution in [2.75, 3.05) is 12.4 Å². The van der Waals surface area contributed by atoms with E-state index in [1.807, 2.05) is 6.20 Å². The fourth-order valence-corrected chi connectivity index (χ4v) is 2.63. The Kier molecular flexibility index (Phi) is 3.61. The summed E-state index contributed by atoms with van der Waals surface area (Å²) in [5.74, 6) is 0.959. The third-order valence-corrected chi connectivity index (χ3v) is 4.41. The Labute approximate surface area is 116 Å². The molecule has 2 rings (SSSR count). The zero-order chi connectivity index (χ0) is 14.3. The van der Waals surface area contributed by atoms with Crippen LogP contribution in [0.4, 0.5) is 5.82 Å².